The molecule has 24 nitrogen and oxygen atoms in total. The fraction of sp³-hybridized carbons (Fsp3) is 0.176. The van der Waals surface area contributed by atoms with E-state index in [2.05, 4.69) is 4.74 Å². The molecule has 12 N–H and O–H groups in total. The van der Waals surface area contributed by atoms with E-state index >= 15 is 0 Å². The van der Waals surface area contributed by atoms with Crippen LogP contribution in [0, 0.1) is 31.1 Å². The molecule has 1 aliphatic heterocycles. The fourth-order valence-corrected chi connectivity index (χ4v) is 1.90. The first-order valence-corrected chi connectivity index (χ1v) is 8.23. The summed E-state index contributed by atoms with van der Waals surface area (Å²) < 4.78 is 3.68. The van der Waals surface area contributed by atoms with Crippen molar-refractivity contribution in [2.75, 3.05) is 0 Å². The van der Waals surface area contributed by atoms with Crippen LogP contribution in [0.25, 0.3) is 34.8 Å². The molecule has 1 aliphatic rings. The van der Waals surface area contributed by atoms with Gasteiger partial charge in [-0.3, -0.25) is 19.2 Å². The van der Waals surface area contributed by atoms with Crippen molar-refractivity contribution in [1.29, 1.82) is 0 Å². The summed E-state index contributed by atoms with van der Waals surface area (Å²) in [5.41, 5.74) is 21.6. The Morgan fingerprint density at radius 2 is 0.689 bits per heavy atom. The van der Waals surface area contributed by atoms with Crippen molar-refractivity contribution in [1.82, 2.24) is 0 Å². The number of nitrogens with two attached hydrogens (primary N) is 1. The summed E-state index contributed by atoms with van der Waals surface area (Å²) in [5.74, 6) is -24.7. The van der Waals surface area contributed by atoms with Crippen LogP contribution in [0.5, 0.6) is 0 Å². The number of esters is 2. The Hall–Kier alpha value is -1.78. The predicted molar refractivity (Wildman–Crippen MR) is 121 cm³/mol. The van der Waals surface area contributed by atoms with E-state index in [0.717, 1.165) is 0 Å². The van der Waals surface area contributed by atoms with Gasteiger partial charge in [-0.15, -0.1) is 0 Å². The number of amides is 5. The monoisotopic (exact) mass is 950 g/mol. The summed E-state index contributed by atoms with van der Waals surface area (Å²) in [5, 5.41) is 41.4. The topological polar surface area (TPSA) is 468 Å². The third-order valence-electron chi connectivity index (χ3n) is 4.10. The van der Waals surface area contributed by atoms with Gasteiger partial charge in [-0.25, -0.2) is 14.4 Å². The second-order valence-corrected chi connectivity index (χ2v) is 6.10. The van der Waals surface area contributed by atoms with Gasteiger partial charge in [0.05, 0.1) is 29.5 Å². The molecule has 0 unspecified atom stereocenters. The van der Waals surface area contributed by atoms with Gasteiger partial charge in [-0.05, 0) is 0 Å². The summed E-state index contributed by atoms with van der Waals surface area (Å²) in [7, 11) is 0. The van der Waals surface area contributed by atoms with E-state index < -0.39 is 87.6 Å². The average Bonchev–Trinajstić information content (AvgIpc) is 2.66. The molecule has 1 rings (SSSR count). The summed E-state index contributed by atoms with van der Waals surface area (Å²) in [6.45, 7) is 0. The largest absolute Gasteiger partial charge is 0.693 e. The molecule has 0 bridgehead atoms. The molecule has 0 aromatic heterocycles. The number of carbonyl (C=O) groups is 12. The van der Waals surface area contributed by atoms with E-state index in [-0.39, 0.29) is 152 Å². The smallest absolute Gasteiger partial charge is 0.349 e. The third-order valence-corrected chi connectivity index (χ3v) is 4.10. The molecule has 0 atom stereocenters. The minimum atomic E-state index is -3.61. The number of cyclic esters (lactones) is 2. The van der Waals surface area contributed by atoms with E-state index in [4.69, 9.17) is 54.2 Å². The summed E-state index contributed by atoms with van der Waals surface area (Å²) in [6.07, 6.45) is 0. The second-order valence-electron chi connectivity index (χ2n) is 6.10. The van der Waals surface area contributed by atoms with Gasteiger partial charge in [0, 0.05) is 131 Å². The maximum Gasteiger partial charge on any atom is 0.349 e. The van der Waals surface area contributed by atoms with Crippen molar-refractivity contribution in [3.8, 4) is 0 Å². The molecule has 5 amide bonds. The van der Waals surface area contributed by atoms with Crippen molar-refractivity contribution >= 4 is 71.3 Å². The van der Waals surface area contributed by atoms with E-state index in [1.54, 1.807) is 0 Å². The molecular formula is C17H18N6O18Y4-8. The zero-order valence-electron chi connectivity index (χ0n) is 22.4. The molecular weight excluding hydrogens is 932 g/mol. The molecule has 45 heavy (non-hydrogen) atoms. The van der Waals surface area contributed by atoms with E-state index in [0.29, 0.717) is 0 Å². The van der Waals surface area contributed by atoms with Crippen molar-refractivity contribution in [2.24, 2.45) is 16.2 Å². The Morgan fingerprint density at radius 3 is 0.711 bits per heavy atom. The number of ether oxygens (including phenoxy) is 1. The van der Waals surface area contributed by atoms with Gasteiger partial charge in [-0.2, -0.15) is 0 Å². The van der Waals surface area contributed by atoms with Gasteiger partial charge < -0.3 is 104 Å². The minimum absolute atomic E-state index is 0. The first kappa shape index (κ1) is 65.8. The maximum absolute atomic E-state index is 10.5. The molecule has 244 valence electrons. The molecule has 0 spiro atoms. The number of rotatable bonds is 10. The number of nitrogens with one attached hydrogen (secondary N) is 5. The van der Waals surface area contributed by atoms with Gasteiger partial charge in [0.25, 0.3) is 0 Å². The molecule has 1 fully saturated rings. The van der Waals surface area contributed by atoms with Crippen molar-refractivity contribution < 1.29 is 219 Å². The molecule has 0 aliphatic carbocycles. The number of carboxylic acids is 5. The number of hydrogen-bond donors (Lipinski definition) is 5. The van der Waals surface area contributed by atoms with Gasteiger partial charge in [-0.1, -0.05) is 0 Å². The molecule has 1 saturated heterocycles. The van der Waals surface area contributed by atoms with Crippen molar-refractivity contribution in [3.05, 3.63) is 49.7 Å². The number of aliphatic carboxylic acids is 5. The SMILES string of the molecule is [CH3-].[CH3-].[NH-]C(=O)C(C([NH-])=O)(C(=O)O)C(=O)O.[NH-]C(=O)C(C([NH-])=O)(C(=O)O)C(=O)O.[NH-]C(=O)C1(C(=O)O)C(=O)OC1=O.[NH2-].[Y].[Y].[Y].[Y]. The average molecular weight is 950 g/mol. The van der Waals surface area contributed by atoms with Gasteiger partial charge in [0.2, 0.25) is 10.8 Å². The van der Waals surface area contributed by atoms with Crippen LogP contribution in [0.3, 0.4) is 0 Å². The van der Waals surface area contributed by atoms with Crippen LogP contribution < -0.4 is 0 Å². The zero-order valence-corrected chi connectivity index (χ0v) is 33.8. The first-order chi connectivity index (χ1) is 17.0. The second kappa shape index (κ2) is 25.3. The van der Waals surface area contributed by atoms with Gasteiger partial charge in [0.15, 0.2) is 0 Å². The Labute approximate surface area is 351 Å². The van der Waals surface area contributed by atoms with Crippen LogP contribution >= 0.6 is 0 Å². The summed E-state index contributed by atoms with van der Waals surface area (Å²) >= 11 is 0. The third kappa shape index (κ3) is 12.4. The predicted octanol–water partition coefficient (Wildman–Crippen LogP) is -1.07. The molecule has 0 aromatic carbocycles. The van der Waals surface area contributed by atoms with Crippen LogP contribution in [0.2, 0.25) is 0 Å². The quantitative estimate of drug-likeness (QED) is 0.0988. The summed E-state index contributed by atoms with van der Waals surface area (Å²) in [4.78, 5) is 124. The van der Waals surface area contributed by atoms with Crippen molar-refractivity contribution in [3.63, 3.8) is 0 Å². The summed E-state index contributed by atoms with van der Waals surface area (Å²) in [6, 6.07) is 0. The molecule has 0 saturated carbocycles. The van der Waals surface area contributed by atoms with Crippen LogP contribution in [0.15, 0.2) is 0 Å². The molecule has 1 heterocycles. The first-order valence-electron chi connectivity index (χ1n) is 8.23. The zero-order chi connectivity index (χ0) is 31.1. The normalized spacial score (nSPS) is 11.2. The Kier molecular flexibility index (Phi) is 37.0. The Bertz CT molecular complexity index is 977. The number of hydrogen-bond acceptors (Lipinski definition) is 13. The Morgan fingerprint density at radius 1 is 0.511 bits per heavy atom. The van der Waals surface area contributed by atoms with Gasteiger partial charge in [0.1, 0.15) is 0 Å². The number of carbonyl (C=O) groups excluding carboxylic acids is 7. The van der Waals surface area contributed by atoms with E-state index in [1.165, 1.54) is 0 Å². The molecule has 28 heteroatoms. The van der Waals surface area contributed by atoms with E-state index in [9.17, 15) is 57.5 Å². The van der Waals surface area contributed by atoms with E-state index in [1.807, 2.05) is 0 Å². The van der Waals surface area contributed by atoms with Crippen molar-refractivity contribution in [2.45, 2.75) is 0 Å². The molecule has 4 radical (unpaired) electrons. The Balaban J connectivity index is -0.0000000573. The maximum atomic E-state index is 10.5. The number of carboxylic acid groups (broad SMARTS) is 5. The molecule has 0 aromatic rings. The standard InChI is InChI=1S/2C5H6N2O6.C5H3NO6.2CH3.H2N.4Y/c2*6-1(8)5(2(7)9,3(10)11)4(12)13;6-1(7)5(2(8)9)3(10)12-4(5)11;;;;;;;/h2*(H6,6,7,8,9,10,11,12,13);(H3,6,7,8,9);2*1H3;1H2;;;;/q;;;3*-1;;;;/p-5. The van der Waals surface area contributed by atoms with Crippen LogP contribution in [-0.4, -0.2) is 96.9 Å². The van der Waals surface area contributed by atoms with Crippen LogP contribution in [0.4, 0.5) is 0 Å². The minimum Gasteiger partial charge on any atom is -0.693 e. The fourth-order valence-electron chi connectivity index (χ4n) is 1.90. The van der Waals surface area contributed by atoms with Crippen LogP contribution in [-0.2, 0) is 193 Å². The van der Waals surface area contributed by atoms with Crippen LogP contribution in [0.1, 0.15) is 0 Å². The van der Waals surface area contributed by atoms with Gasteiger partial charge >= 0.3 is 47.2 Å².